The summed E-state index contributed by atoms with van der Waals surface area (Å²) in [5.41, 5.74) is 10.1. The van der Waals surface area contributed by atoms with Gasteiger partial charge in [-0.1, -0.05) is 29.3 Å². The molecule has 1 aliphatic rings. The van der Waals surface area contributed by atoms with E-state index in [1.165, 1.54) is 16.7 Å². The van der Waals surface area contributed by atoms with Gasteiger partial charge in [-0.2, -0.15) is 0 Å². The zero-order valence-corrected chi connectivity index (χ0v) is 13.0. The Hall–Kier alpha value is -0.900. The van der Waals surface area contributed by atoms with E-state index in [0.29, 0.717) is 5.92 Å². The third-order valence-electron chi connectivity index (χ3n) is 4.27. The molecule has 0 radical (unpaired) electrons. The van der Waals surface area contributed by atoms with Crippen LogP contribution in [0.3, 0.4) is 0 Å². The first kappa shape index (κ1) is 15.5. The van der Waals surface area contributed by atoms with Crippen molar-refractivity contribution in [1.82, 2.24) is 4.90 Å². The van der Waals surface area contributed by atoms with Gasteiger partial charge in [0.15, 0.2) is 0 Å². The lowest BCUT2D eigenvalue weighted by atomic mass is 9.82. The molecule has 1 aromatic carbocycles. The maximum absolute atomic E-state index is 9.31. The van der Waals surface area contributed by atoms with Crippen LogP contribution in [0, 0.1) is 19.8 Å². The summed E-state index contributed by atoms with van der Waals surface area (Å²) in [6.07, 6.45) is 2.86. The first-order valence-corrected chi connectivity index (χ1v) is 7.64. The van der Waals surface area contributed by atoms with Crippen LogP contribution in [-0.4, -0.2) is 36.2 Å². The van der Waals surface area contributed by atoms with Crippen LogP contribution in [0.15, 0.2) is 18.2 Å². The quantitative estimate of drug-likeness (QED) is 0.839. The molecule has 0 heterocycles. The van der Waals surface area contributed by atoms with Crippen LogP contribution in [0.4, 0.5) is 0 Å². The molecule has 0 aliphatic heterocycles. The maximum atomic E-state index is 9.31. The van der Waals surface area contributed by atoms with Gasteiger partial charge in [0, 0.05) is 12.6 Å². The lowest BCUT2D eigenvalue weighted by Gasteiger charge is -2.34. The Bertz CT molecular complexity index is 420. The van der Waals surface area contributed by atoms with Crippen molar-refractivity contribution < 1.29 is 5.11 Å². The van der Waals surface area contributed by atoms with Crippen LogP contribution in [0.25, 0.3) is 0 Å². The number of aryl methyl sites for hydroxylation is 2. The number of rotatable bonds is 6. The molecular weight excluding hydrogens is 248 g/mol. The third kappa shape index (κ3) is 4.30. The normalized spacial score (nSPS) is 23.7. The summed E-state index contributed by atoms with van der Waals surface area (Å²) >= 11 is 0. The van der Waals surface area contributed by atoms with E-state index in [1.807, 2.05) is 0 Å². The molecule has 3 N–H and O–H groups in total. The van der Waals surface area contributed by atoms with Crippen molar-refractivity contribution in [1.29, 1.82) is 0 Å². The van der Waals surface area contributed by atoms with Crippen molar-refractivity contribution >= 4 is 0 Å². The number of hydrogen-bond acceptors (Lipinski definition) is 3. The van der Waals surface area contributed by atoms with E-state index in [-0.39, 0.29) is 12.1 Å². The van der Waals surface area contributed by atoms with E-state index in [9.17, 15) is 5.11 Å². The first-order chi connectivity index (χ1) is 9.44. The predicted octanol–water partition coefficient (Wildman–Crippen LogP) is 2.40. The summed E-state index contributed by atoms with van der Waals surface area (Å²) in [6, 6.07) is 6.69. The highest BCUT2D eigenvalue weighted by atomic mass is 16.3. The molecule has 3 nitrogen and oxygen atoms in total. The standard InChI is InChI=1S/C17H28N2O/c1-12-6-13(2)8-15(7-12)17(18)4-5-19(3)11-14-9-16(20)10-14/h6-8,14,16-17,20H,4-5,9-11,18H2,1-3H3. The number of hydrogen-bond donors (Lipinski definition) is 2. The fourth-order valence-corrected chi connectivity index (χ4v) is 3.13. The van der Waals surface area contributed by atoms with E-state index in [0.717, 1.165) is 32.4 Å². The van der Waals surface area contributed by atoms with Crippen molar-refractivity contribution in [2.45, 2.75) is 45.3 Å². The lowest BCUT2D eigenvalue weighted by Crippen LogP contribution is -2.37. The van der Waals surface area contributed by atoms with Gasteiger partial charge < -0.3 is 15.7 Å². The Morgan fingerprint density at radius 3 is 2.40 bits per heavy atom. The molecule has 0 amide bonds. The van der Waals surface area contributed by atoms with Crippen molar-refractivity contribution in [3.05, 3.63) is 34.9 Å². The Morgan fingerprint density at radius 2 is 1.85 bits per heavy atom. The van der Waals surface area contributed by atoms with Crippen LogP contribution >= 0.6 is 0 Å². The van der Waals surface area contributed by atoms with Gasteiger partial charge in [-0.05, 0) is 58.2 Å². The smallest absolute Gasteiger partial charge is 0.0546 e. The zero-order chi connectivity index (χ0) is 14.7. The highest BCUT2D eigenvalue weighted by molar-refractivity contribution is 5.30. The van der Waals surface area contributed by atoms with Crippen molar-refractivity contribution in [2.75, 3.05) is 20.1 Å². The summed E-state index contributed by atoms with van der Waals surface area (Å²) in [5.74, 6) is 0.674. The second-order valence-electron chi connectivity index (χ2n) is 6.57. The molecule has 112 valence electrons. The summed E-state index contributed by atoms with van der Waals surface area (Å²) in [6.45, 7) is 6.34. The minimum Gasteiger partial charge on any atom is -0.393 e. The molecular formula is C17H28N2O. The minimum absolute atomic E-state index is 0.0501. The molecule has 1 aliphatic carbocycles. The maximum Gasteiger partial charge on any atom is 0.0546 e. The molecule has 0 bridgehead atoms. The third-order valence-corrected chi connectivity index (χ3v) is 4.27. The number of nitrogens with two attached hydrogens (primary N) is 1. The fourth-order valence-electron chi connectivity index (χ4n) is 3.13. The van der Waals surface area contributed by atoms with E-state index in [2.05, 4.69) is 44.0 Å². The Balaban J connectivity index is 1.77. The monoisotopic (exact) mass is 276 g/mol. The van der Waals surface area contributed by atoms with Crippen LogP contribution in [0.1, 0.15) is 42.0 Å². The molecule has 0 aromatic heterocycles. The summed E-state index contributed by atoms with van der Waals surface area (Å²) in [7, 11) is 2.15. The number of aliphatic hydroxyl groups is 1. The zero-order valence-electron chi connectivity index (χ0n) is 13.0. The van der Waals surface area contributed by atoms with Gasteiger partial charge in [0.05, 0.1) is 6.10 Å². The van der Waals surface area contributed by atoms with Gasteiger partial charge in [-0.3, -0.25) is 0 Å². The fraction of sp³-hybridized carbons (Fsp3) is 0.647. The van der Waals surface area contributed by atoms with Gasteiger partial charge in [-0.15, -0.1) is 0 Å². The SMILES string of the molecule is Cc1cc(C)cc(C(N)CCN(C)CC2CC(O)C2)c1. The molecule has 1 unspecified atom stereocenters. The van der Waals surface area contributed by atoms with E-state index < -0.39 is 0 Å². The predicted molar refractivity (Wildman–Crippen MR) is 83.7 cm³/mol. The average Bonchev–Trinajstić information content (AvgIpc) is 2.33. The van der Waals surface area contributed by atoms with Gasteiger partial charge in [0.2, 0.25) is 0 Å². The second kappa shape index (κ2) is 6.70. The number of aliphatic hydroxyl groups excluding tert-OH is 1. The van der Waals surface area contributed by atoms with Gasteiger partial charge in [0.1, 0.15) is 0 Å². The summed E-state index contributed by atoms with van der Waals surface area (Å²) < 4.78 is 0. The highest BCUT2D eigenvalue weighted by Crippen LogP contribution is 2.27. The van der Waals surface area contributed by atoms with Gasteiger partial charge >= 0.3 is 0 Å². The van der Waals surface area contributed by atoms with Crippen LogP contribution in [-0.2, 0) is 0 Å². The molecule has 1 atom stereocenters. The molecule has 3 heteroatoms. The Morgan fingerprint density at radius 1 is 1.25 bits per heavy atom. The average molecular weight is 276 g/mol. The van der Waals surface area contributed by atoms with E-state index in [4.69, 9.17) is 5.73 Å². The van der Waals surface area contributed by atoms with Crippen molar-refractivity contribution in [3.8, 4) is 0 Å². The Kier molecular flexibility index (Phi) is 5.19. The molecule has 2 rings (SSSR count). The van der Waals surface area contributed by atoms with Crippen LogP contribution in [0.5, 0.6) is 0 Å². The largest absolute Gasteiger partial charge is 0.393 e. The number of nitrogens with zero attached hydrogens (tertiary/aromatic N) is 1. The minimum atomic E-state index is -0.0501. The van der Waals surface area contributed by atoms with E-state index in [1.54, 1.807) is 0 Å². The molecule has 0 saturated heterocycles. The second-order valence-corrected chi connectivity index (χ2v) is 6.57. The lowest BCUT2D eigenvalue weighted by molar-refractivity contribution is 0.0280. The molecule has 1 saturated carbocycles. The van der Waals surface area contributed by atoms with Crippen LogP contribution < -0.4 is 5.73 Å². The first-order valence-electron chi connectivity index (χ1n) is 7.64. The number of benzene rings is 1. The van der Waals surface area contributed by atoms with E-state index >= 15 is 0 Å². The van der Waals surface area contributed by atoms with Crippen LogP contribution in [0.2, 0.25) is 0 Å². The molecule has 1 fully saturated rings. The van der Waals surface area contributed by atoms with Gasteiger partial charge in [-0.25, -0.2) is 0 Å². The Labute approximate surface area is 122 Å². The molecule has 0 spiro atoms. The van der Waals surface area contributed by atoms with Gasteiger partial charge in [0.25, 0.3) is 0 Å². The summed E-state index contributed by atoms with van der Waals surface area (Å²) in [4.78, 5) is 2.35. The topological polar surface area (TPSA) is 49.5 Å². The highest BCUT2D eigenvalue weighted by Gasteiger charge is 2.27. The summed E-state index contributed by atoms with van der Waals surface area (Å²) in [5, 5.41) is 9.31. The van der Waals surface area contributed by atoms with Crippen molar-refractivity contribution in [2.24, 2.45) is 11.7 Å². The van der Waals surface area contributed by atoms with Crippen molar-refractivity contribution in [3.63, 3.8) is 0 Å². The molecule has 20 heavy (non-hydrogen) atoms. The molecule has 1 aromatic rings.